The minimum Gasteiger partial charge on any atom is -0.360 e. The van der Waals surface area contributed by atoms with E-state index < -0.39 is 0 Å². The third-order valence-corrected chi connectivity index (χ3v) is 4.49. The number of aromatic nitrogens is 1. The number of hydrogen-bond donors (Lipinski definition) is 1. The summed E-state index contributed by atoms with van der Waals surface area (Å²) in [5.41, 5.74) is 1.36. The van der Waals surface area contributed by atoms with Crippen molar-refractivity contribution in [2.45, 2.75) is 51.1 Å². The predicted octanol–water partition coefficient (Wildman–Crippen LogP) is 2.51. The summed E-state index contributed by atoms with van der Waals surface area (Å²) in [7, 11) is 0. The zero-order valence-electron chi connectivity index (χ0n) is 11.7. The van der Waals surface area contributed by atoms with Gasteiger partial charge in [0.2, 0.25) is 0 Å². The molecule has 1 aliphatic heterocycles. The second-order valence-electron chi connectivity index (χ2n) is 5.82. The lowest BCUT2D eigenvalue weighted by atomic mass is 9.79. The van der Waals surface area contributed by atoms with E-state index in [1.807, 2.05) is 6.92 Å². The van der Waals surface area contributed by atoms with Crippen LogP contribution in [-0.4, -0.2) is 35.2 Å². The molecule has 0 aromatic carbocycles. The fourth-order valence-electron chi connectivity index (χ4n) is 3.51. The van der Waals surface area contributed by atoms with Gasteiger partial charge in [-0.1, -0.05) is 24.4 Å². The Morgan fingerprint density at radius 3 is 2.84 bits per heavy atom. The topological polar surface area (TPSA) is 41.3 Å². The van der Waals surface area contributed by atoms with Gasteiger partial charge in [0, 0.05) is 31.2 Å². The average molecular weight is 286 g/mol. The minimum atomic E-state index is 0. The van der Waals surface area contributed by atoms with E-state index in [2.05, 4.69) is 21.4 Å². The molecule has 3 rings (SSSR count). The minimum absolute atomic E-state index is 0. The SMILES string of the molecule is Cc1cc(CN2CCNCC23CCCCC3)on1.Cl. The lowest BCUT2D eigenvalue weighted by Gasteiger charge is -2.49. The molecule has 108 valence electrons. The molecule has 5 heteroatoms. The van der Waals surface area contributed by atoms with Gasteiger partial charge in [0.15, 0.2) is 5.76 Å². The van der Waals surface area contributed by atoms with Gasteiger partial charge >= 0.3 is 0 Å². The molecule has 2 fully saturated rings. The zero-order valence-corrected chi connectivity index (χ0v) is 12.5. The average Bonchev–Trinajstić information content (AvgIpc) is 2.79. The van der Waals surface area contributed by atoms with Gasteiger partial charge in [0.05, 0.1) is 12.2 Å². The molecule has 0 amide bonds. The summed E-state index contributed by atoms with van der Waals surface area (Å²) in [4.78, 5) is 2.63. The van der Waals surface area contributed by atoms with Gasteiger partial charge in [0.25, 0.3) is 0 Å². The second kappa shape index (κ2) is 6.25. The molecule has 1 aromatic heterocycles. The molecule has 0 unspecified atom stereocenters. The first-order valence-electron chi connectivity index (χ1n) is 7.17. The number of piperazine rings is 1. The van der Waals surface area contributed by atoms with Crippen LogP contribution in [-0.2, 0) is 6.54 Å². The van der Waals surface area contributed by atoms with E-state index in [1.54, 1.807) is 0 Å². The van der Waals surface area contributed by atoms with Crippen LogP contribution < -0.4 is 5.32 Å². The summed E-state index contributed by atoms with van der Waals surface area (Å²) in [6.45, 7) is 6.26. The molecule has 2 heterocycles. The number of aryl methyl sites for hydroxylation is 1. The molecule has 1 spiro atoms. The van der Waals surface area contributed by atoms with Crippen molar-refractivity contribution in [1.29, 1.82) is 0 Å². The molecule has 1 saturated heterocycles. The molecule has 0 atom stereocenters. The Morgan fingerprint density at radius 2 is 2.16 bits per heavy atom. The van der Waals surface area contributed by atoms with E-state index in [4.69, 9.17) is 4.52 Å². The van der Waals surface area contributed by atoms with Crippen LogP contribution in [0.4, 0.5) is 0 Å². The van der Waals surface area contributed by atoms with Crippen molar-refractivity contribution in [1.82, 2.24) is 15.4 Å². The number of nitrogens with zero attached hydrogens (tertiary/aromatic N) is 2. The number of hydrogen-bond acceptors (Lipinski definition) is 4. The lowest BCUT2D eigenvalue weighted by molar-refractivity contribution is 0.0147. The summed E-state index contributed by atoms with van der Waals surface area (Å²) >= 11 is 0. The molecule has 2 aliphatic rings. The van der Waals surface area contributed by atoms with Crippen LogP contribution in [0.15, 0.2) is 10.6 Å². The molecule has 1 N–H and O–H groups in total. The van der Waals surface area contributed by atoms with Crippen molar-refractivity contribution in [3.05, 3.63) is 17.5 Å². The summed E-state index contributed by atoms with van der Waals surface area (Å²) in [6.07, 6.45) is 6.79. The standard InChI is InChI=1S/C14H23N3O.ClH/c1-12-9-13(18-16-12)10-17-8-7-15-11-14(17)5-3-2-4-6-14;/h9,15H,2-8,10-11H2,1H3;1H. The van der Waals surface area contributed by atoms with E-state index in [-0.39, 0.29) is 12.4 Å². The fourth-order valence-corrected chi connectivity index (χ4v) is 3.51. The largest absolute Gasteiger partial charge is 0.360 e. The number of halogens is 1. The van der Waals surface area contributed by atoms with Crippen LogP contribution in [0.5, 0.6) is 0 Å². The Balaban J connectivity index is 0.00000133. The first kappa shape index (κ1) is 14.8. The number of rotatable bonds is 2. The Kier molecular flexibility index (Phi) is 4.87. The molecule has 0 bridgehead atoms. The molecule has 0 radical (unpaired) electrons. The molecule has 4 nitrogen and oxygen atoms in total. The highest BCUT2D eigenvalue weighted by molar-refractivity contribution is 5.85. The summed E-state index contributed by atoms with van der Waals surface area (Å²) < 4.78 is 5.39. The van der Waals surface area contributed by atoms with Gasteiger partial charge in [-0.15, -0.1) is 12.4 Å². The maximum Gasteiger partial charge on any atom is 0.150 e. The van der Waals surface area contributed by atoms with E-state index >= 15 is 0 Å². The number of nitrogens with one attached hydrogen (secondary N) is 1. The van der Waals surface area contributed by atoms with Gasteiger partial charge in [0.1, 0.15) is 0 Å². The molecular weight excluding hydrogens is 262 g/mol. The quantitative estimate of drug-likeness (QED) is 0.907. The molecule has 1 aliphatic carbocycles. The third kappa shape index (κ3) is 3.12. The highest BCUT2D eigenvalue weighted by Gasteiger charge is 2.39. The van der Waals surface area contributed by atoms with Crippen molar-refractivity contribution in [3.8, 4) is 0 Å². The molecular formula is C14H24ClN3O. The van der Waals surface area contributed by atoms with Crippen LogP contribution >= 0.6 is 12.4 Å². The normalized spacial score (nSPS) is 23.2. The zero-order chi connectivity index (χ0) is 12.4. The van der Waals surface area contributed by atoms with Crippen LogP contribution in [0.2, 0.25) is 0 Å². The summed E-state index contributed by atoms with van der Waals surface area (Å²) in [5.74, 6) is 1.01. The lowest BCUT2D eigenvalue weighted by Crippen LogP contribution is -2.61. The predicted molar refractivity (Wildman–Crippen MR) is 77.6 cm³/mol. The highest BCUT2D eigenvalue weighted by atomic mass is 35.5. The van der Waals surface area contributed by atoms with Crippen LogP contribution in [0, 0.1) is 6.92 Å². The van der Waals surface area contributed by atoms with Crippen molar-refractivity contribution < 1.29 is 4.52 Å². The monoisotopic (exact) mass is 285 g/mol. The Labute approximate surface area is 121 Å². The van der Waals surface area contributed by atoms with Gasteiger partial charge in [-0.25, -0.2) is 0 Å². The van der Waals surface area contributed by atoms with Crippen molar-refractivity contribution in [2.75, 3.05) is 19.6 Å². The van der Waals surface area contributed by atoms with E-state index in [0.29, 0.717) is 5.54 Å². The van der Waals surface area contributed by atoms with E-state index in [0.717, 1.165) is 37.6 Å². The molecule has 1 saturated carbocycles. The first-order chi connectivity index (χ1) is 8.78. The van der Waals surface area contributed by atoms with Crippen LogP contribution in [0.25, 0.3) is 0 Å². The van der Waals surface area contributed by atoms with E-state index in [9.17, 15) is 0 Å². The third-order valence-electron chi connectivity index (χ3n) is 4.49. The smallest absolute Gasteiger partial charge is 0.150 e. The molecule has 19 heavy (non-hydrogen) atoms. The maximum absolute atomic E-state index is 5.39. The van der Waals surface area contributed by atoms with Crippen LogP contribution in [0.3, 0.4) is 0 Å². The van der Waals surface area contributed by atoms with Gasteiger partial charge in [-0.2, -0.15) is 0 Å². The maximum atomic E-state index is 5.39. The second-order valence-corrected chi connectivity index (χ2v) is 5.82. The Hall–Kier alpha value is -0.580. The van der Waals surface area contributed by atoms with Gasteiger partial charge in [-0.05, 0) is 19.8 Å². The first-order valence-corrected chi connectivity index (χ1v) is 7.17. The Morgan fingerprint density at radius 1 is 1.37 bits per heavy atom. The van der Waals surface area contributed by atoms with Gasteiger partial charge < -0.3 is 9.84 Å². The molecule has 1 aromatic rings. The van der Waals surface area contributed by atoms with Crippen LogP contribution in [0.1, 0.15) is 43.6 Å². The van der Waals surface area contributed by atoms with Gasteiger partial charge in [-0.3, -0.25) is 4.90 Å². The fraction of sp³-hybridized carbons (Fsp3) is 0.786. The van der Waals surface area contributed by atoms with E-state index in [1.165, 1.54) is 32.1 Å². The van der Waals surface area contributed by atoms with Crippen molar-refractivity contribution in [3.63, 3.8) is 0 Å². The summed E-state index contributed by atoms with van der Waals surface area (Å²) in [5, 5.41) is 7.58. The summed E-state index contributed by atoms with van der Waals surface area (Å²) in [6, 6.07) is 2.07. The van der Waals surface area contributed by atoms with Crippen molar-refractivity contribution in [2.24, 2.45) is 0 Å². The van der Waals surface area contributed by atoms with Crippen molar-refractivity contribution >= 4 is 12.4 Å². The Bertz CT molecular complexity index is 393. The highest BCUT2D eigenvalue weighted by Crippen LogP contribution is 2.35.